The van der Waals surface area contributed by atoms with Gasteiger partial charge in [0.25, 0.3) is 0 Å². The second kappa shape index (κ2) is 5.48. The zero-order valence-electron chi connectivity index (χ0n) is 9.38. The van der Waals surface area contributed by atoms with Gasteiger partial charge in [-0.15, -0.1) is 11.8 Å². The molecule has 0 heterocycles. The summed E-state index contributed by atoms with van der Waals surface area (Å²) in [5.74, 6) is 0. The number of isocyanates is 1. The first-order valence-electron chi connectivity index (χ1n) is 5.17. The van der Waals surface area contributed by atoms with Crippen LogP contribution in [0.2, 0.25) is 0 Å². The highest BCUT2D eigenvalue weighted by atomic mass is 32.2. The minimum Gasteiger partial charge on any atom is -0.211 e. The van der Waals surface area contributed by atoms with Crippen LogP contribution in [-0.4, -0.2) is 12.3 Å². The van der Waals surface area contributed by atoms with Crippen molar-refractivity contribution < 1.29 is 4.79 Å². The van der Waals surface area contributed by atoms with Crippen molar-refractivity contribution in [2.45, 2.75) is 4.90 Å². The van der Waals surface area contributed by atoms with Crippen molar-refractivity contribution in [2.24, 2.45) is 4.99 Å². The number of thioether (sulfide) groups is 1. The Morgan fingerprint density at radius 1 is 1.06 bits per heavy atom. The van der Waals surface area contributed by atoms with Crippen molar-refractivity contribution in [3.8, 4) is 11.1 Å². The monoisotopic (exact) mass is 241 g/mol. The predicted octanol–water partition coefficient (Wildman–Crippen LogP) is 4.04. The van der Waals surface area contributed by atoms with E-state index >= 15 is 0 Å². The zero-order chi connectivity index (χ0) is 12.1. The molecule has 0 aromatic heterocycles. The Morgan fingerprint density at radius 3 is 2.47 bits per heavy atom. The Hall–Kier alpha value is -1.83. The van der Waals surface area contributed by atoms with Gasteiger partial charge in [0.15, 0.2) is 0 Å². The smallest absolute Gasteiger partial charge is 0.211 e. The number of rotatable bonds is 3. The second-order valence-corrected chi connectivity index (χ2v) is 4.24. The van der Waals surface area contributed by atoms with Gasteiger partial charge in [-0.2, -0.15) is 4.99 Å². The van der Waals surface area contributed by atoms with Crippen LogP contribution in [0.5, 0.6) is 0 Å². The van der Waals surface area contributed by atoms with Crippen molar-refractivity contribution in [1.82, 2.24) is 0 Å². The third kappa shape index (κ3) is 2.47. The summed E-state index contributed by atoms with van der Waals surface area (Å²) < 4.78 is 0. The van der Waals surface area contributed by atoms with Gasteiger partial charge in [0, 0.05) is 4.90 Å². The molecule has 0 saturated carbocycles. The van der Waals surface area contributed by atoms with E-state index in [9.17, 15) is 4.79 Å². The van der Waals surface area contributed by atoms with E-state index in [1.165, 1.54) is 0 Å². The molecule has 2 aromatic carbocycles. The van der Waals surface area contributed by atoms with E-state index in [-0.39, 0.29) is 0 Å². The van der Waals surface area contributed by atoms with Gasteiger partial charge >= 0.3 is 0 Å². The molecule has 2 aromatic rings. The SMILES string of the molecule is CSc1c(N=C=O)cccc1-c1ccccc1. The van der Waals surface area contributed by atoms with Crippen LogP contribution < -0.4 is 0 Å². The van der Waals surface area contributed by atoms with E-state index in [0.717, 1.165) is 16.0 Å². The molecule has 0 atom stereocenters. The summed E-state index contributed by atoms with van der Waals surface area (Å²) in [6, 6.07) is 15.8. The summed E-state index contributed by atoms with van der Waals surface area (Å²) in [5, 5.41) is 0. The first-order chi connectivity index (χ1) is 8.36. The lowest BCUT2D eigenvalue weighted by molar-refractivity contribution is 0.565. The van der Waals surface area contributed by atoms with Gasteiger partial charge in [-0.3, -0.25) is 0 Å². The van der Waals surface area contributed by atoms with Gasteiger partial charge in [-0.1, -0.05) is 42.5 Å². The molecule has 0 spiro atoms. The first-order valence-corrected chi connectivity index (χ1v) is 6.39. The topological polar surface area (TPSA) is 29.4 Å². The molecule has 84 valence electrons. The fourth-order valence-electron chi connectivity index (χ4n) is 1.72. The number of hydrogen-bond acceptors (Lipinski definition) is 3. The maximum atomic E-state index is 10.4. The lowest BCUT2D eigenvalue weighted by Gasteiger charge is -2.09. The van der Waals surface area contributed by atoms with E-state index < -0.39 is 0 Å². The maximum Gasteiger partial charge on any atom is 0.240 e. The third-order valence-corrected chi connectivity index (χ3v) is 3.29. The molecule has 0 aliphatic carbocycles. The van der Waals surface area contributed by atoms with Gasteiger partial charge < -0.3 is 0 Å². The lowest BCUT2D eigenvalue weighted by Crippen LogP contribution is -1.82. The van der Waals surface area contributed by atoms with Crippen LogP contribution in [0, 0.1) is 0 Å². The summed E-state index contributed by atoms with van der Waals surface area (Å²) >= 11 is 1.58. The molecule has 0 bridgehead atoms. The molecule has 0 aliphatic rings. The first kappa shape index (κ1) is 11.6. The van der Waals surface area contributed by atoms with Crippen molar-refractivity contribution in [1.29, 1.82) is 0 Å². The van der Waals surface area contributed by atoms with Crippen LogP contribution in [0.25, 0.3) is 11.1 Å². The van der Waals surface area contributed by atoms with Crippen LogP contribution in [0.4, 0.5) is 5.69 Å². The third-order valence-electron chi connectivity index (χ3n) is 2.45. The average molecular weight is 241 g/mol. The van der Waals surface area contributed by atoms with Crippen LogP contribution in [0.3, 0.4) is 0 Å². The number of carbonyl (C=O) groups excluding carboxylic acids is 1. The van der Waals surface area contributed by atoms with Gasteiger partial charge in [-0.05, 0) is 23.4 Å². The Balaban J connectivity index is 2.62. The molecule has 3 heteroatoms. The highest BCUT2D eigenvalue weighted by molar-refractivity contribution is 7.98. The molecule has 0 N–H and O–H groups in total. The molecule has 0 saturated heterocycles. The Kier molecular flexibility index (Phi) is 3.76. The average Bonchev–Trinajstić information content (AvgIpc) is 2.40. The molecule has 0 unspecified atom stereocenters. The van der Waals surface area contributed by atoms with Gasteiger partial charge in [0.1, 0.15) is 0 Å². The molecule has 0 amide bonds. The van der Waals surface area contributed by atoms with Crippen molar-refractivity contribution in [2.75, 3.05) is 6.26 Å². The van der Waals surface area contributed by atoms with Crippen molar-refractivity contribution >= 4 is 23.5 Å². The van der Waals surface area contributed by atoms with Crippen LogP contribution in [0.1, 0.15) is 0 Å². The molecular weight excluding hydrogens is 230 g/mol. The number of nitrogens with zero attached hydrogens (tertiary/aromatic N) is 1. The minimum absolute atomic E-state index is 0.675. The number of benzene rings is 2. The predicted molar refractivity (Wildman–Crippen MR) is 71.4 cm³/mol. The van der Waals surface area contributed by atoms with Gasteiger partial charge in [-0.25, -0.2) is 4.79 Å². The Morgan fingerprint density at radius 2 is 1.82 bits per heavy atom. The molecule has 17 heavy (non-hydrogen) atoms. The lowest BCUT2D eigenvalue weighted by atomic mass is 10.1. The molecule has 0 radical (unpaired) electrons. The summed E-state index contributed by atoms with van der Waals surface area (Å²) in [4.78, 5) is 15.1. The van der Waals surface area contributed by atoms with E-state index in [1.54, 1.807) is 17.8 Å². The Bertz CT molecular complexity index is 560. The minimum atomic E-state index is 0.675. The molecular formula is C14H11NOS. The largest absolute Gasteiger partial charge is 0.240 e. The molecule has 0 fully saturated rings. The zero-order valence-corrected chi connectivity index (χ0v) is 10.2. The van der Waals surface area contributed by atoms with Crippen molar-refractivity contribution in [3.63, 3.8) is 0 Å². The highest BCUT2D eigenvalue weighted by Crippen LogP contribution is 2.37. The van der Waals surface area contributed by atoms with Crippen LogP contribution in [0.15, 0.2) is 58.4 Å². The van der Waals surface area contributed by atoms with Gasteiger partial charge in [0.2, 0.25) is 6.08 Å². The summed E-state index contributed by atoms with van der Waals surface area (Å²) in [6.07, 6.45) is 3.58. The van der Waals surface area contributed by atoms with E-state index in [0.29, 0.717) is 5.69 Å². The van der Waals surface area contributed by atoms with Crippen LogP contribution >= 0.6 is 11.8 Å². The van der Waals surface area contributed by atoms with E-state index in [1.807, 2.05) is 54.8 Å². The number of aliphatic imine (C=N–C) groups is 1. The second-order valence-electron chi connectivity index (χ2n) is 3.43. The van der Waals surface area contributed by atoms with Gasteiger partial charge in [0.05, 0.1) is 5.69 Å². The normalized spacial score (nSPS) is 9.71. The summed E-state index contributed by atoms with van der Waals surface area (Å²) in [6.45, 7) is 0. The fourth-order valence-corrected chi connectivity index (χ4v) is 2.45. The van der Waals surface area contributed by atoms with Crippen LogP contribution in [-0.2, 0) is 4.79 Å². The van der Waals surface area contributed by atoms with E-state index in [4.69, 9.17) is 0 Å². The molecule has 2 rings (SSSR count). The highest BCUT2D eigenvalue weighted by Gasteiger charge is 2.08. The molecule has 2 nitrogen and oxygen atoms in total. The summed E-state index contributed by atoms with van der Waals surface area (Å²) in [5.41, 5.74) is 2.89. The maximum absolute atomic E-state index is 10.4. The fraction of sp³-hybridized carbons (Fsp3) is 0.0714. The van der Waals surface area contributed by atoms with E-state index in [2.05, 4.69) is 4.99 Å². The number of hydrogen-bond donors (Lipinski definition) is 0. The Labute approximate surface area is 104 Å². The molecule has 0 aliphatic heterocycles. The quantitative estimate of drug-likeness (QED) is 0.461. The summed E-state index contributed by atoms with van der Waals surface area (Å²) in [7, 11) is 0. The van der Waals surface area contributed by atoms with Crippen molar-refractivity contribution in [3.05, 3.63) is 48.5 Å². The standard InChI is InChI=1S/C14H11NOS/c1-17-14-12(11-6-3-2-4-7-11)8-5-9-13(14)15-10-16/h2-9H,1H3.